The second kappa shape index (κ2) is 17.6. The first-order chi connectivity index (χ1) is 9.06. The largest absolute Gasteiger partial charge is 0.481 e. The maximum atomic E-state index is 10.5. The van der Waals surface area contributed by atoms with Crippen LogP contribution < -0.4 is 0 Å². The van der Waals surface area contributed by atoms with Crippen molar-refractivity contribution < 1.29 is 19.8 Å². The van der Waals surface area contributed by atoms with E-state index in [9.17, 15) is 9.59 Å². The molecule has 128 valence electrons. The zero-order valence-electron chi connectivity index (χ0n) is 12.9. The van der Waals surface area contributed by atoms with Crippen molar-refractivity contribution >= 4 is 36.8 Å². The number of rotatable bonds is 13. The van der Waals surface area contributed by atoms with Gasteiger partial charge in [0.1, 0.15) is 0 Å². The molecule has 2 N–H and O–H groups in total. The summed E-state index contributed by atoms with van der Waals surface area (Å²) < 4.78 is 0. The van der Waals surface area contributed by atoms with Gasteiger partial charge in [-0.15, -0.1) is 24.8 Å². The second-order valence-electron chi connectivity index (χ2n) is 5.26. The number of unbranched alkanes of at least 4 members (excludes halogenated alkanes) is 5. The molecule has 6 heteroatoms. The van der Waals surface area contributed by atoms with Gasteiger partial charge in [0.05, 0.1) is 0 Å². The van der Waals surface area contributed by atoms with E-state index in [1.54, 1.807) is 0 Å². The van der Waals surface area contributed by atoms with E-state index in [1.807, 2.05) is 0 Å². The monoisotopic (exact) mass is 344 g/mol. The van der Waals surface area contributed by atoms with Crippen LogP contribution in [0.3, 0.4) is 0 Å². The predicted molar refractivity (Wildman–Crippen MR) is 89.7 cm³/mol. The fourth-order valence-corrected chi connectivity index (χ4v) is 2.30. The molecule has 0 amide bonds. The Kier molecular flexibility index (Phi) is 21.3. The second-order valence-corrected chi connectivity index (χ2v) is 5.26. The van der Waals surface area contributed by atoms with Crippen molar-refractivity contribution in [2.45, 2.75) is 77.6 Å². The van der Waals surface area contributed by atoms with Crippen LogP contribution in [-0.2, 0) is 9.59 Å². The molecule has 0 saturated carbocycles. The third kappa shape index (κ3) is 19.5. The summed E-state index contributed by atoms with van der Waals surface area (Å²) in [5.41, 5.74) is 0. The molecular weight excluding hydrogens is 315 g/mol. The van der Waals surface area contributed by atoms with E-state index in [4.69, 9.17) is 10.2 Å². The van der Waals surface area contributed by atoms with Crippen LogP contribution in [0.2, 0.25) is 0 Å². The van der Waals surface area contributed by atoms with Gasteiger partial charge in [0.2, 0.25) is 0 Å². The normalized spacial score (nSPS) is 11.1. The molecule has 0 aliphatic heterocycles. The van der Waals surface area contributed by atoms with Gasteiger partial charge in [-0.2, -0.15) is 0 Å². The van der Waals surface area contributed by atoms with Crippen molar-refractivity contribution in [1.82, 2.24) is 0 Å². The molecule has 1 atom stereocenters. The van der Waals surface area contributed by atoms with Gasteiger partial charge >= 0.3 is 11.9 Å². The van der Waals surface area contributed by atoms with Crippen molar-refractivity contribution in [1.29, 1.82) is 0 Å². The molecule has 21 heavy (non-hydrogen) atoms. The zero-order valence-corrected chi connectivity index (χ0v) is 14.5. The van der Waals surface area contributed by atoms with E-state index in [-0.39, 0.29) is 37.7 Å². The first-order valence-corrected chi connectivity index (χ1v) is 7.49. The highest BCUT2D eigenvalue weighted by molar-refractivity contribution is 5.85. The minimum Gasteiger partial charge on any atom is -0.481 e. The van der Waals surface area contributed by atoms with Crippen LogP contribution in [0.4, 0.5) is 0 Å². The fourth-order valence-electron chi connectivity index (χ4n) is 2.30. The summed E-state index contributed by atoms with van der Waals surface area (Å²) in [7, 11) is 0. The minimum absolute atomic E-state index is 0. The highest BCUT2D eigenvalue weighted by atomic mass is 35.5. The Morgan fingerprint density at radius 3 is 1.71 bits per heavy atom. The number of hydrogen-bond acceptors (Lipinski definition) is 2. The summed E-state index contributed by atoms with van der Waals surface area (Å²) in [6, 6.07) is 0. The minimum atomic E-state index is -0.704. The molecule has 0 saturated heterocycles. The van der Waals surface area contributed by atoms with Crippen LogP contribution in [0.25, 0.3) is 0 Å². The molecule has 0 heterocycles. The smallest absolute Gasteiger partial charge is 0.303 e. The maximum absolute atomic E-state index is 10.5. The fraction of sp³-hybridized carbons (Fsp3) is 0.867. The molecule has 0 fully saturated rings. The van der Waals surface area contributed by atoms with Crippen LogP contribution in [0, 0.1) is 5.92 Å². The van der Waals surface area contributed by atoms with Crippen molar-refractivity contribution in [2.24, 2.45) is 5.92 Å². The summed E-state index contributed by atoms with van der Waals surface area (Å²) in [5, 5.41) is 17.1. The molecule has 0 aromatic heterocycles. The summed E-state index contributed by atoms with van der Waals surface area (Å²) in [6.45, 7) is 2.12. The Balaban J connectivity index is -0.00000162. The molecule has 0 aliphatic carbocycles. The van der Waals surface area contributed by atoms with Crippen molar-refractivity contribution in [3.8, 4) is 0 Å². The van der Waals surface area contributed by atoms with Crippen LogP contribution in [0.15, 0.2) is 0 Å². The highest BCUT2D eigenvalue weighted by Gasteiger charge is 2.08. The third-order valence-electron chi connectivity index (χ3n) is 3.60. The number of carboxylic acids is 2. The molecule has 0 rings (SSSR count). The molecule has 0 bridgehead atoms. The molecule has 0 aromatic rings. The molecule has 4 nitrogen and oxygen atoms in total. The Bertz CT molecular complexity index is 260. The number of halogens is 2. The quantitative estimate of drug-likeness (QED) is 0.464. The highest BCUT2D eigenvalue weighted by Crippen LogP contribution is 2.19. The van der Waals surface area contributed by atoms with Crippen molar-refractivity contribution in [3.05, 3.63) is 0 Å². The number of hydrogen-bond donors (Lipinski definition) is 2. The summed E-state index contributed by atoms with van der Waals surface area (Å²) in [4.78, 5) is 20.8. The Labute approximate surface area is 140 Å². The van der Waals surface area contributed by atoms with E-state index in [1.165, 1.54) is 6.42 Å². The number of carbonyl (C=O) groups is 2. The van der Waals surface area contributed by atoms with Crippen LogP contribution in [0.5, 0.6) is 0 Å². The van der Waals surface area contributed by atoms with Gasteiger partial charge in [0, 0.05) is 12.8 Å². The van der Waals surface area contributed by atoms with Crippen molar-refractivity contribution in [3.63, 3.8) is 0 Å². The number of carboxylic acid groups (broad SMARTS) is 2. The van der Waals surface area contributed by atoms with E-state index >= 15 is 0 Å². The molecular formula is C15H30Cl2O4. The maximum Gasteiger partial charge on any atom is 0.303 e. The summed E-state index contributed by atoms with van der Waals surface area (Å²) >= 11 is 0. The van der Waals surface area contributed by atoms with Gasteiger partial charge in [-0.25, -0.2) is 0 Å². The average molecular weight is 345 g/mol. The number of aliphatic carboxylic acids is 2. The van der Waals surface area contributed by atoms with E-state index in [0.717, 1.165) is 51.4 Å². The standard InChI is InChI=1S/C15H28O4.2ClH/c1-2-13(11-12-15(18)19)9-7-5-3-4-6-8-10-14(16)17;;/h13H,2-12H2,1H3,(H,16,17)(H,18,19);2*1H. The van der Waals surface area contributed by atoms with Gasteiger partial charge in [0.25, 0.3) is 0 Å². The molecule has 0 spiro atoms. The zero-order chi connectivity index (χ0) is 14.5. The topological polar surface area (TPSA) is 74.6 Å². The molecule has 0 aliphatic rings. The third-order valence-corrected chi connectivity index (χ3v) is 3.60. The average Bonchev–Trinajstić information content (AvgIpc) is 2.35. The van der Waals surface area contributed by atoms with Gasteiger partial charge in [0.15, 0.2) is 0 Å². The Morgan fingerprint density at radius 2 is 1.24 bits per heavy atom. The molecule has 0 aromatic carbocycles. The molecule has 1 unspecified atom stereocenters. The van der Waals surface area contributed by atoms with E-state index in [0.29, 0.717) is 5.92 Å². The lowest BCUT2D eigenvalue weighted by Gasteiger charge is -2.13. The van der Waals surface area contributed by atoms with Crippen LogP contribution >= 0.6 is 24.8 Å². The van der Waals surface area contributed by atoms with Gasteiger partial charge < -0.3 is 10.2 Å². The van der Waals surface area contributed by atoms with Crippen molar-refractivity contribution in [2.75, 3.05) is 0 Å². The lowest BCUT2D eigenvalue weighted by Crippen LogP contribution is -2.03. The predicted octanol–water partition coefficient (Wildman–Crippen LogP) is 4.93. The summed E-state index contributed by atoms with van der Waals surface area (Å²) in [5.74, 6) is -0.857. The van der Waals surface area contributed by atoms with Crippen LogP contribution in [-0.4, -0.2) is 22.2 Å². The summed E-state index contributed by atoms with van der Waals surface area (Å²) in [6.07, 6.45) is 9.95. The first-order valence-electron chi connectivity index (χ1n) is 7.49. The lowest BCUT2D eigenvalue weighted by atomic mass is 9.93. The van der Waals surface area contributed by atoms with Gasteiger partial charge in [-0.1, -0.05) is 51.9 Å². The SMILES string of the molecule is CCC(CCCCCCCCC(=O)O)CCC(=O)O.Cl.Cl. The lowest BCUT2D eigenvalue weighted by molar-refractivity contribution is -0.138. The Morgan fingerprint density at radius 1 is 0.762 bits per heavy atom. The molecule has 0 radical (unpaired) electrons. The Hall–Kier alpha value is -0.480. The van der Waals surface area contributed by atoms with E-state index in [2.05, 4.69) is 6.92 Å². The van der Waals surface area contributed by atoms with Crippen LogP contribution in [0.1, 0.15) is 77.6 Å². The van der Waals surface area contributed by atoms with Gasteiger partial charge in [-0.3, -0.25) is 9.59 Å². The van der Waals surface area contributed by atoms with E-state index < -0.39 is 11.9 Å². The first kappa shape index (κ1) is 25.5. The van der Waals surface area contributed by atoms with Gasteiger partial charge in [-0.05, 0) is 18.8 Å².